The monoisotopic (exact) mass is 577 g/mol. The SMILES string of the molecule is CC(C)C[C@H](NC(=O)[C@H](Cc1ccccc1)NC(=O)[C@H](C)NCCS)C(=O)N1CCC[C@H]1C(=O)N[C@@H](C)C(=O)O. The van der Waals surface area contributed by atoms with E-state index in [9.17, 15) is 24.0 Å². The van der Waals surface area contributed by atoms with Crippen LogP contribution in [-0.2, 0) is 30.4 Å². The molecule has 1 saturated heterocycles. The summed E-state index contributed by atoms with van der Waals surface area (Å²) in [6, 6.07) is 4.94. The molecule has 2 rings (SSSR count). The summed E-state index contributed by atoms with van der Waals surface area (Å²) in [5.74, 6) is -2.37. The van der Waals surface area contributed by atoms with Gasteiger partial charge in [0.2, 0.25) is 23.6 Å². The second kappa shape index (κ2) is 16.2. The number of likely N-dealkylation sites (tertiary alicyclic amines) is 1. The predicted molar refractivity (Wildman–Crippen MR) is 155 cm³/mol. The van der Waals surface area contributed by atoms with Crippen LogP contribution < -0.4 is 21.3 Å². The van der Waals surface area contributed by atoms with Gasteiger partial charge in [-0.05, 0) is 44.6 Å². The topological polar surface area (TPSA) is 157 Å². The maximum Gasteiger partial charge on any atom is 0.325 e. The van der Waals surface area contributed by atoms with Gasteiger partial charge in [0.1, 0.15) is 24.2 Å². The van der Waals surface area contributed by atoms with Crippen molar-refractivity contribution in [3.05, 3.63) is 35.9 Å². The summed E-state index contributed by atoms with van der Waals surface area (Å²) in [5.41, 5.74) is 0.842. The predicted octanol–water partition coefficient (Wildman–Crippen LogP) is 0.733. The molecule has 0 aromatic heterocycles. The van der Waals surface area contributed by atoms with Crippen molar-refractivity contribution in [2.75, 3.05) is 18.8 Å². The summed E-state index contributed by atoms with van der Waals surface area (Å²) in [6.07, 6.45) is 1.53. The average molecular weight is 578 g/mol. The summed E-state index contributed by atoms with van der Waals surface area (Å²) in [5, 5.41) is 20.3. The minimum absolute atomic E-state index is 0.0452. The molecular formula is C28H43N5O6S. The van der Waals surface area contributed by atoms with Gasteiger partial charge in [-0.25, -0.2) is 0 Å². The molecule has 0 bridgehead atoms. The highest BCUT2D eigenvalue weighted by Crippen LogP contribution is 2.21. The average Bonchev–Trinajstić information content (AvgIpc) is 3.40. The summed E-state index contributed by atoms with van der Waals surface area (Å²) < 4.78 is 0. The lowest BCUT2D eigenvalue weighted by Crippen LogP contribution is -2.58. The Bertz CT molecular complexity index is 1020. The van der Waals surface area contributed by atoms with Crippen LogP contribution in [0.1, 0.15) is 52.5 Å². The molecule has 1 heterocycles. The highest BCUT2D eigenvalue weighted by atomic mass is 32.1. The summed E-state index contributed by atoms with van der Waals surface area (Å²) in [4.78, 5) is 65.6. The molecule has 222 valence electrons. The van der Waals surface area contributed by atoms with E-state index >= 15 is 0 Å². The Morgan fingerprint density at radius 2 is 1.60 bits per heavy atom. The largest absolute Gasteiger partial charge is 0.480 e. The Morgan fingerprint density at radius 3 is 2.20 bits per heavy atom. The van der Waals surface area contributed by atoms with Crippen LogP contribution in [0.4, 0.5) is 0 Å². The van der Waals surface area contributed by atoms with Gasteiger partial charge in [0.15, 0.2) is 0 Å². The lowest BCUT2D eigenvalue weighted by Gasteiger charge is -2.31. The van der Waals surface area contributed by atoms with Crippen LogP contribution in [0, 0.1) is 5.92 Å². The number of hydrogen-bond acceptors (Lipinski definition) is 7. The molecule has 0 unspecified atom stereocenters. The number of carbonyl (C=O) groups excluding carboxylic acids is 4. The van der Waals surface area contributed by atoms with Gasteiger partial charge in [0.05, 0.1) is 6.04 Å². The molecule has 1 aromatic rings. The van der Waals surface area contributed by atoms with Crippen LogP contribution in [0.15, 0.2) is 30.3 Å². The minimum atomic E-state index is -1.17. The van der Waals surface area contributed by atoms with E-state index in [2.05, 4.69) is 33.9 Å². The number of nitrogens with zero attached hydrogens (tertiary/aromatic N) is 1. The van der Waals surface area contributed by atoms with E-state index in [4.69, 9.17) is 5.11 Å². The van der Waals surface area contributed by atoms with Crippen molar-refractivity contribution in [3.8, 4) is 0 Å². The van der Waals surface area contributed by atoms with Crippen LogP contribution in [-0.4, -0.2) is 88.7 Å². The normalized spacial score (nSPS) is 17.9. The van der Waals surface area contributed by atoms with E-state index in [1.807, 2.05) is 44.2 Å². The molecule has 0 spiro atoms. The van der Waals surface area contributed by atoms with E-state index in [1.54, 1.807) is 6.92 Å². The highest BCUT2D eigenvalue weighted by molar-refractivity contribution is 7.80. The standard InChI is InChI=1S/C28H43N5O6S/c1-17(2)15-22(27(37)33-13-8-11-23(33)26(36)30-19(4)28(38)39)32-25(35)21(16-20-9-6-5-7-10-20)31-24(34)18(3)29-12-14-40/h5-7,9-10,17-19,21-23,29,40H,8,11-16H2,1-4H3,(H,30,36)(H,31,34)(H,32,35)(H,38,39)/t18-,19-,21-,22-,23-/m0/s1. The molecule has 11 nitrogen and oxygen atoms in total. The number of nitrogens with one attached hydrogen (secondary N) is 4. The molecule has 1 aromatic carbocycles. The zero-order valence-electron chi connectivity index (χ0n) is 23.7. The summed E-state index contributed by atoms with van der Waals surface area (Å²) in [7, 11) is 0. The second-order valence-electron chi connectivity index (χ2n) is 10.6. The van der Waals surface area contributed by atoms with Gasteiger partial charge in [-0.3, -0.25) is 24.0 Å². The first kappa shape index (κ1) is 33.1. The second-order valence-corrected chi connectivity index (χ2v) is 11.0. The van der Waals surface area contributed by atoms with E-state index in [0.717, 1.165) is 5.56 Å². The van der Waals surface area contributed by atoms with Crippen molar-refractivity contribution < 1.29 is 29.1 Å². The Kier molecular flexibility index (Phi) is 13.4. The Labute approximate surface area is 241 Å². The van der Waals surface area contributed by atoms with Crippen molar-refractivity contribution >= 4 is 42.2 Å². The highest BCUT2D eigenvalue weighted by Gasteiger charge is 2.39. The van der Waals surface area contributed by atoms with E-state index in [1.165, 1.54) is 11.8 Å². The van der Waals surface area contributed by atoms with Crippen LogP contribution >= 0.6 is 12.6 Å². The van der Waals surface area contributed by atoms with Crippen LogP contribution in [0.5, 0.6) is 0 Å². The molecule has 1 aliphatic heterocycles. The molecule has 5 atom stereocenters. The van der Waals surface area contributed by atoms with Gasteiger partial charge in [-0.1, -0.05) is 44.2 Å². The third-order valence-electron chi connectivity index (χ3n) is 6.76. The first-order valence-electron chi connectivity index (χ1n) is 13.8. The number of rotatable bonds is 15. The number of carboxylic acid groups (broad SMARTS) is 1. The number of aliphatic carboxylic acids is 1. The van der Waals surface area contributed by atoms with Gasteiger partial charge in [0, 0.05) is 25.3 Å². The third-order valence-corrected chi connectivity index (χ3v) is 6.98. The molecule has 0 radical (unpaired) electrons. The van der Waals surface area contributed by atoms with Crippen molar-refractivity contribution in [1.82, 2.24) is 26.2 Å². The quantitative estimate of drug-likeness (QED) is 0.168. The minimum Gasteiger partial charge on any atom is -0.480 e. The van der Waals surface area contributed by atoms with Gasteiger partial charge in [-0.2, -0.15) is 12.6 Å². The Balaban J connectivity index is 2.23. The maximum atomic E-state index is 13.7. The molecule has 40 heavy (non-hydrogen) atoms. The van der Waals surface area contributed by atoms with Crippen LogP contribution in [0.3, 0.4) is 0 Å². The van der Waals surface area contributed by atoms with Crippen LogP contribution in [0.25, 0.3) is 0 Å². The fraction of sp³-hybridized carbons (Fsp3) is 0.607. The lowest BCUT2D eigenvalue weighted by atomic mass is 10.00. The third kappa shape index (κ3) is 10.1. The zero-order valence-corrected chi connectivity index (χ0v) is 24.6. The zero-order chi connectivity index (χ0) is 29.8. The van der Waals surface area contributed by atoms with Gasteiger partial charge in [-0.15, -0.1) is 0 Å². The molecule has 5 N–H and O–H groups in total. The first-order valence-corrected chi connectivity index (χ1v) is 14.4. The number of carbonyl (C=O) groups is 5. The van der Waals surface area contributed by atoms with Crippen molar-refractivity contribution in [2.24, 2.45) is 5.92 Å². The first-order chi connectivity index (χ1) is 18.9. The number of benzene rings is 1. The maximum absolute atomic E-state index is 13.7. The molecular weight excluding hydrogens is 534 g/mol. The fourth-order valence-electron chi connectivity index (χ4n) is 4.57. The van der Waals surface area contributed by atoms with E-state index < -0.39 is 53.9 Å². The molecule has 12 heteroatoms. The lowest BCUT2D eigenvalue weighted by molar-refractivity contribution is -0.144. The van der Waals surface area contributed by atoms with E-state index in [0.29, 0.717) is 38.1 Å². The number of thiol groups is 1. The summed E-state index contributed by atoms with van der Waals surface area (Å²) >= 11 is 4.15. The summed E-state index contributed by atoms with van der Waals surface area (Å²) in [6.45, 7) is 7.75. The van der Waals surface area contributed by atoms with Crippen molar-refractivity contribution in [2.45, 2.75) is 83.6 Å². The Hall–Kier alpha value is -3.12. The molecule has 1 aliphatic rings. The smallest absolute Gasteiger partial charge is 0.325 e. The molecule has 0 saturated carbocycles. The van der Waals surface area contributed by atoms with Gasteiger partial charge in [0.25, 0.3) is 0 Å². The number of amides is 4. The molecule has 4 amide bonds. The Morgan fingerprint density at radius 1 is 0.950 bits per heavy atom. The van der Waals surface area contributed by atoms with Crippen molar-refractivity contribution in [3.63, 3.8) is 0 Å². The van der Waals surface area contributed by atoms with E-state index in [-0.39, 0.29) is 18.2 Å². The number of hydrogen-bond donors (Lipinski definition) is 6. The molecule has 1 fully saturated rings. The van der Waals surface area contributed by atoms with Crippen LogP contribution in [0.2, 0.25) is 0 Å². The molecule has 0 aliphatic carbocycles. The van der Waals surface area contributed by atoms with Gasteiger partial charge >= 0.3 is 5.97 Å². The fourth-order valence-corrected chi connectivity index (χ4v) is 4.70. The van der Waals surface area contributed by atoms with Crippen molar-refractivity contribution in [1.29, 1.82) is 0 Å². The van der Waals surface area contributed by atoms with Gasteiger partial charge < -0.3 is 31.3 Å². The number of carboxylic acids is 1.